The van der Waals surface area contributed by atoms with Crippen molar-refractivity contribution in [3.8, 4) is 0 Å². The summed E-state index contributed by atoms with van der Waals surface area (Å²) in [6.07, 6.45) is 1.89. The van der Waals surface area contributed by atoms with E-state index in [1.807, 2.05) is 0 Å². The molecule has 0 radical (unpaired) electrons. The third kappa shape index (κ3) is 3.69. The second-order valence-corrected chi connectivity index (χ2v) is 5.05. The first kappa shape index (κ1) is 12.2. The van der Waals surface area contributed by atoms with E-state index in [0.29, 0.717) is 6.04 Å². The number of aliphatic hydroxyl groups is 1. The average molecular weight is 278 g/mol. The molecule has 80 valence electrons. The fourth-order valence-corrected chi connectivity index (χ4v) is 2.74. The summed E-state index contributed by atoms with van der Waals surface area (Å²) < 4.78 is 1.17. The van der Waals surface area contributed by atoms with Gasteiger partial charge in [0.05, 0.1) is 0 Å². The van der Waals surface area contributed by atoms with E-state index in [4.69, 9.17) is 5.11 Å². The molecule has 0 bridgehead atoms. The van der Waals surface area contributed by atoms with Gasteiger partial charge < -0.3 is 10.4 Å². The van der Waals surface area contributed by atoms with Gasteiger partial charge >= 0.3 is 0 Å². The van der Waals surface area contributed by atoms with Crippen molar-refractivity contribution in [2.24, 2.45) is 0 Å². The number of nitrogens with one attached hydrogen (secondary N) is 1. The van der Waals surface area contributed by atoms with E-state index in [0.717, 1.165) is 19.4 Å². The second-order valence-electron chi connectivity index (χ2n) is 3.19. The Kier molecular flexibility index (Phi) is 5.70. The minimum atomic E-state index is 0.261. The van der Waals surface area contributed by atoms with E-state index in [1.165, 1.54) is 9.35 Å². The van der Waals surface area contributed by atoms with Gasteiger partial charge in [-0.05, 0) is 40.2 Å². The largest absolute Gasteiger partial charge is 0.396 e. The standard InChI is InChI=1S/C10H16BrNOS/c1-2-8(3-5-13)12-7-10-9(11)4-6-14-10/h4,6,8,12-13H,2-3,5,7H2,1H3. The van der Waals surface area contributed by atoms with Crippen molar-refractivity contribution in [1.29, 1.82) is 0 Å². The Morgan fingerprint density at radius 3 is 2.93 bits per heavy atom. The van der Waals surface area contributed by atoms with Gasteiger partial charge in [-0.15, -0.1) is 11.3 Å². The number of thiophene rings is 1. The molecule has 1 aromatic rings. The van der Waals surface area contributed by atoms with Gasteiger partial charge in [0.25, 0.3) is 0 Å². The highest BCUT2D eigenvalue weighted by molar-refractivity contribution is 9.10. The topological polar surface area (TPSA) is 32.3 Å². The third-order valence-electron chi connectivity index (χ3n) is 2.21. The molecule has 0 fully saturated rings. The monoisotopic (exact) mass is 277 g/mol. The number of hydrogen-bond acceptors (Lipinski definition) is 3. The molecule has 0 saturated heterocycles. The van der Waals surface area contributed by atoms with Crippen LogP contribution in [0.2, 0.25) is 0 Å². The van der Waals surface area contributed by atoms with E-state index < -0.39 is 0 Å². The van der Waals surface area contributed by atoms with Crippen LogP contribution in [0, 0.1) is 0 Å². The number of aliphatic hydroxyl groups excluding tert-OH is 1. The maximum absolute atomic E-state index is 8.83. The Morgan fingerprint density at radius 1 is 1.64 bits per heavy atom. The highest BCUT2D eigenvalue weighted by Gasteiger charge is 2.06. The lowest BCUT2D eigenvalue weighted by Crippen LogP contribution is -2.28. The van der Waals surface area contributed by atoms with Gasteiger partial charge in [-0.2, -0.15) is 0 Å². The van der Waals surface area contributed by atoms with Crippen molar-refractivity contribution in [2.45, 2.75) is 32.4 Å². The minimum absolute atomic E-state index is 0.261. The summed E-state index contributed by atoms with van der Waals surface area (Å²) in [4.78, 5) is 1.32. The summed E-state index contributed by atoms with van der Waals surface area (Å²) >= 11 is 5.25. The Bertz CT molecular complexity index is 264. The molecule has 14 heavy (non-hydrogen) atoms. The van der Waals surface area contributed by atoms with E-state index >= 15 is 0 Å². The van der Waals surface area contributed by atoms with E-state index in [1.54, 1.807) is 11.3 Å². The smallest absolute Gasteiger partial charge is 0.0445 e. The highest BCUT2D eigenvalue weighted by atomic mass is 79.9. The summed E-state index contributed by atoms with van der Waals surface area (Å²) in [6, 6.07) is 2.49. The molecule has 1 atom stereocenters. The van der Waals surface area contributed by atoms with Crippen molar-refractivity contribution >= 4 is 27.3 Å². The summed E-state index contributed by atoms with van der Waals surface area (Å²) in [5, 5.41) is 14.3. The van der Waals surface area contributed by atoms with Gasteiger partial charge in [-0.1, -0.05) is 6.92 Å². The molecule has 0 aliphatic heterocycles. The van der Waals surface area contributed by atoms with Crippen molar-refractivity contribution in [3.05, 3.63) is 20.8 Å². The molecule has 2 N–H and O–H groups in total. The highest BCUT2D eigenvalue weighted by Crippen LogP contribution is 2.22. The van der Waals surface area contributed by atoms with E-state index in [2.05, 4.69) is 39.6 Å². The molecule has 0 aliphatic carbocycles. The first-order valence-corrected chi connectivity index (χ1v) is 6.51. The van der Waals surface area contributed by atoms with Gasteiger partial charge in [0, 0.05) is 28.5 Å². The van der Waals surface area contributed by atoms with Crippen molar-refractivity contribution in [2.75, 3.05) is 6.61 Å². The SMILES string of the molecule is CCC(CCO)NCc1sccc1Br. The van der Waals surface area contributed by atoms with Gasteiger partial charge in [0.15, 0.2) is 0 Å². The molecule has 1 aromatic heterocycles. The zero-order valence-corrected chi connectivity index (χ0v) is 10.7. The quantitative estimate of drug-likeness (QED) is 0.838. The molecular formula is C10H16BrNOS. The van der Waals surface area contributed by atoms with Gasteiger partial charge in [0.1, 0.15) is 0 Å². The molecule has 1 heterocycles. The Balaban J connectivity index is 2.35. The Labute approximate surface area is 97.5 Å². The number of rotatable bonds is 6. The van der Waals surface area contributed by atoms with Gasteiger partial charge in [-0.3, -0.25) is 0 Å². The lowest BCUT2D eigenvalue weighted by molar-refractivity contribution is 0.262. The van der Waals surface area contributed by atoms with Crippen LogP contribution in [-0.4, -0.2) is 17.8 Å². The van der Waals surface area contributed by atoms with Crippen LogP contribution in [0.1, 0.15) is 24.6 Å². The molecule has 2 nitrogen and oxygen atoms in total. The fourth-order valence-electron chi connectivity index (χ4n) is 1.29. The summed E-state index contributed by atoms with van der Waals surface area (Å²) in [7, 11) is 0. The molecule has 4 heteroatoms. The lowest BCUT2D eigenvalue weighted by atomic mass is 10.1. The van der Waals surface area contributed by atoms with Crippen LogP contribution in [0.25, 0.3) is 0 Å². The van der Waals surface area contributed by atoms with Gasteiger partial charge in [-0.25, -0.2) is 0 Å². The van der Waals surface area contributed by atoms with Crippen LogP contribution in [0.5, 0.6) is 0 Å². The normalized spacial score (nSPS) is 13.1. The zero-order chi connectivity index (χ0) is 10.4. The van der Waals surface area contributed by atoms with Crippen LogP contribution >= 0.6 is 27.3 Å². The Morgan fingerprint density at radius 2 is 2.43 bits per heavy atom. The predicted octanol–water partition coefficient (Wildman–Crippen LogP) is 2.76. The predicted molar refractivity (Wildman–Crippen MR) is 64.6 cm³/mol. The third-order valence-corrected chi connectivity index (χ3v) is 4.14. The molecule has 0 aromatic carbocycles. The molecule has 0 spiro atoms. The molecule has 1 unspecified atom stereocenters. The first-order chi connectivity index (χ1) is 6.77. The number of hydrogen-bond donors (Lipinski definition) is 2. The Hall–Kier alpha value is 0.100. The van der Waals surface area contributed by atoms with Crippen molar-refractivity contribution in [3.63, 3.8) is 0 Å². The maximum Gasteiger partial charge on any atom is 0.0445 e. The lowest BCUT2D eigenvalue weighted by Gasteiger charge is -2.14. The van der Waals surface area contributed by atoms with Crippen molar-refractivity contribution in [1.82, 2.24) is 5.32 Å². The molecular weight excluding hydrogens is 262 g/mol. The average Bonchev–Trinajstić information content (AvgIpc) is 2.59. The molecule has 0 saturated carbocycles. The van der Waals surface area contributed by atoms with Crippen LogP contribution in [0.4, 0.5) is 0 Å². The molecule has 0 aliphatic rings. The van der Waals surface area contributed by atoms with Crippen LogP contribution in [-0.2, 0) is 6.54 Å². The maximum atomic E-state index is 8.83. The van der Waals surface area contributed by atoms with Crippen LogP contribution < -0.4 is 5.32 Å². The minimum Gasteiger partial charge on any atom is -0.396 e. The van der Waals surface area contributed by atoms with Crippen LogP contribution in [0.15, 0.2) is 15.9 Å². The summed E-state index contributed by atoms with van der Waals surface area (Å²) in [5.41, 5.74) is 0. The van der Waals surface area contributed by atoms with Gasteiger partial charge in [0.2, 0.25) is 0 Å². The second kappa shape index (κ2) is 6.56. The number of halogens is 1. The first-order valence-electron chi connectivity index (χ1n) is 4.84. The van der Waals surface area contributed by atoms with Crippen LogP contribution in [0.3, 0.4) is 0 Å². The zero-order valence-electron chi connectivity index (χ0n) is 8.29. The summed E-state index contributed by atoms with van der Waals surface area (Å²) in [5.74, 6) is 0. The summed E-state index contributed by atoms with van der Waals surface area (Å²) in [6.45, 7) is 3.28. The fraction of sp³-hybridized carbons (Fsp3) is 0.600. The van der Waals surface area contributed by atoms with E-state index in [9.17, 15) is 0 Å². The molecule has 0 amide bonds. The van der Waals surface area contributed by atoms with Crippen molar-refractivity contribution < 1.29 is 5.11 Å². The molecule has 1 rings (SSSR count). The van der Waals surface area contributed by atoms with E-state index in [-0.39, 0.29) is 6.61 Å².